The Morgan fingerprint density at radius 2 is 1.54 bits per heavy atom. The molecule has 0 atom stereocenters. The van der Waals surface area contributed by atoms with Crippen LogP contribution in [0.3, 0.4) is 0 Å². The van der Waals surface area contributed by atoms with E-state index in [-0.39, 0.29) is 12.5 Å². The second-order valence-corrected chi connectivity index (χ2v) is 5.57. The van der Waals surface area contributed by atoms with E-state index >= 15 is 0 Å². The molecule has 3 N–H and O–H groups in total. The zero-order valence-corrected chi connectivity index (χ0v) is 14.1. The highest BCUT2D eigenvalue weighted by Gasteiger charge is 2.03. The van der Waals surface area contributed by atoms with Crippen LogP contribution in [0.1, 0.15) is 44.9 Å². The third kappa shape index (κ3) is 10.6. The van der Waals surface area contributed by atoms with Crippen molar-refractivity contribution < 1.29 is 19.4 Å². The number of rotatable bonds is 12. The largest absolute Gasteiger partial charge is 0.412 e. The van der Waals surface area contributed by atoms with Gasteiger partial charge in [-0.2, -0.15) is 0 Å². The van der Waals surface area contributed by atoms with E-state index in [1.54, 1.807) is 12.1 Å². The Labute approximate surface area is 143 Å². The number of hydrogen-bond acceptors (Lipinski definition) is 4. The lowest BCUT2D eigenvalue weighted by molar-refractivity contribution is -0.121. The highest BCUT2D eigenvalue weighted by Crippen LogP contribution is 2.08. The normalized spacial score (nSPS) is 10.2. The minimum absolute atomic E-state index is 0.0671. The van der Waals surface area contributed by atoms with Crippen molar-refractivity contribution in [3.8, 4) is 5.75 Å². The predicted molar refractivity (Wildman–Crippen MR) is 92.9 cm³/mol. The molecular weight excluding hydrogens is 308 g/mol. The van der Waals surface area contributed by atoms with Crippen molar-refractivity contribution in [2.45, 2.75) is 44.9 Å². The number of benzene rings is 1. The van der Waals surface area contributed by atoms with Crippen LogP contribution in [0, 0.1) is 0 Å². The van der Waals surface area contributed by atoms with Crippen molar-refractivity contribution in [3.05, 3.63) is 30.3 Å². The Morgan fingerprint density at radius 3 is 2.25 bits per heavy atom. The number of ether oxygens (including phenoxy) is 1. The van der Waals surface area contributed by atoms with Crippen LogP contribution in [0.2, 0.25) is 0 Å². The summed E-state index contributed by atoms with van der Waals surface area (Å²) in [4.78, 5) is 23.0. The van der Waals surface area contributed by atoms with Gasteiger partial charge in [0.15, 0.2) is 0 Å². The minimum atomic E-state index is -0.447. The summed E-state index contributed by atoms with van der Waals surface area (Å²) in [6.45, 7) is 1.41. The second kappa shape index (κ2) is 13.4. The molecule has 0 radical (unpaired) electrons. The quantitative estimate of drug-likeness (QED) is 0.512. The first-order chi connectivity index (χ1) is 11.7. The summed E-state index contributed by atoms with van der Waals surface area (Å²) in [6.07, 6.45) is 5.19. The van der Waals surface area contributed by atoms with Gasteiger partial charge in [0.05, 0.1) is 0 Å². The van der Waals surface area contributed by atoms with Gasteiger partial charge in [0, 0.05) is 26.1 Å². The summed E-state index contributed by atoms with van der Waals surface area (Å²) in [5, 5.41) is 14.2. The number of hydrogen-bond donors (Lipinski definition) is 3. The van der Waals surface area contributed by atoms with E-state index in [0.29, 0.717) is 25.3 Å². The van der Waals surface area contributed by atoms with Gasteiger partial charge in [-0.1, -0.05) is 24.6 Å². The Bertz CT molecular complexity index is 465. The number of aliphatic hydroxyl groups excluding tert-OH is 1. The van der Waals surface area contributed by atoms with Crippen LogP contribution >= 0.6 is 0 Å². The van der Waals surface area contributed by atoms with E-state index in [0.717, 1.165) is 38.5 Å². The molecule has 0 saturated heterocycles. The lowest BCUT2D eigenvalue weighted by atomic mass is 10.2. The summed E-state index contributed by atoms with van der Waals surface area (Å²) in [5.41, 5.74) is 0. The standard InChI is InChI=1S/C18H28N2O4/c21-15-9-2-6-12-17(22)19-13-7-3-8-14-20-18(23)24-16-10-4-1-5-11-16/h1,4-5,10-11,21H,2-3,6-9,12-15H2,(H,19,22)(H,20,23). The first-order valence-corrected chi connectivity index (χ1v) is 8.60. The number of carbonyl (C=O) groups is 2. The molecule has 134 valence electrons. The molecule has 0 heterocycles. The van der Waals surface area contributed by atoms with E-state index in [2.05, 4.69) is 10.6 Å². The van der Waals surface area contributed by atoms with Crippen molar-refractivity contribution in [1.82, 2.24) is 10.6 Å². The Balaban J connectivity index is 1.91. The molecule has 1 rings (SSSR count). The van der Waals surface area contributed by atoms with Crippen molar-refractivity contribution in [3.63, 3.8) is 0 Å². The van der Waals surface area contributed by atoms with E-state index in [1.807, 2.05) is 18.2 Å². The number of para-hydroxylation sites is 1. The van der Waals surface area contributed by atoms with Gasteiger partial charge in [-0.15, -0.1) is 0 Å². The highest BCUT2D eigenvalue weighted by molar-refractivity contribution is 5.75. The Kier molecular flexibility index (Phi) is 11.1. The fourth-order valence-electron chi connectivity index (χ4n) is 2.14. The topological polar surface area (TPSA) is 87.7 Å². The van der Waals surface area contributed by atoms with Crippen LogP contribution in [-0.2, 0) is 4.79 Å². The molecule has 0 aromatic heterocycles. The second-order valence-electron chi connectivity index (χ2n) is 5.57. The fourth-order valence-corrected chi connectivity index (χ4v) is 2.14. The van der Waals surface area contributed by atoms with Gasteiger partial charge in [-0.05, 0) is 44.2 Å². The Morgan fingerprint density at radius 1 is 0.875 bits per heavy atom. The molecular formula is C18H28N2O4. The van der Waals surface area contributed by atoms with Gasteiger partial charge < -0.3 is 20.5 Å². The first-order valence-electron chi connectivity index (χ1n) is 8.60. The highest BCUT2D eigenvalue weighted by atomic mass is 16.6. The van der Waals surface area contributed by atoms with Crippen LogP contribution in [0.15, 0.2) is 30.3 Å². The molecule has 2 amide bonds. The maximum absolute atomic E-state index is 11.5. The number of carbonyl (C=O) groups excluding carboxylic acids is 2. The average Bonchev–Trinajstić information content (AvgIpc) is 2.59. The van der Waals surface area contributed by atoms with Gasteiger partial charge in [0.2, 0.25) is 5.91 Å². The molecule has 0 unspecified atom stereocenters. The fraction of sp³-hybridized carbons (Fsp3) is 0.556. The van der Waals surface area contributed by atoms with Crippen LogP contribution < -0.4 is 15.4 Å². The third-order valence-corrected chi connectivity index (χ3v) is 3.46. The zero-order valence-electron chi connectivity index (χ0n) is 14.1. The summed E-state index contributed by atoms with van der Waals surface area (Å²) in [5.74, 6) is 0.592. The van der Waals surface area contributed by atoms with E-state index < -0.39 is 6.09 Å². The number of amides is 2. The monoisotopic (exact) mass is 336 g/mol. The maximum atomic E-state index is 11.5. The Hall–Kier alpha value is -2.08. The molecule has 0 fully saturated rings. The van der Waals surface area contributed by atoms with Gasteiger partial charge >= 0.3 is 6.09 Å². The molecule has 1 aromatic carbocycles. The van der Waals surface area contributed by atoms with Crippen LogP contribution in [0.4, 0.5) is 4.79 Å². The van der Waals surface area contributed by atoms with Gasteiger partial charge in [0.1, 0.15) is 5.75 Å². The molecule has 0 aliphatic heterocycles. The van der Waals surface area contributed by atoms with Crippen LogP contribution in [-0.4, -0.2) is 36.8 Å². The van der Waals surface area contributed by atoms with Crippen LogP contribution in [0.5, 0.6) is 5.75 Å². The minimum Gasteiger partial charge on any atom is -0.410 e. The van der Waals surface area contributed by atoms with Gasteiger partial charge in [0.25, 0.3) is 0 Å². The molecule has 0 spiro atoms. The summed E-state index contributed by atoms with van der Waals surface area (Å²) >= 11 is 0. The van der Waals surface area contributed by atoms with Crippen molar-refractivity contribution in [2.75, 3.05) is 19.7 Å². The molecule has 0 aliphatic rings. The number of nitrogens with one attached hydrogen (secondary N) is 2. The third-order valence-electron chi connectivity index (χ3n) is 3.46. The molecule has 0 aliphatic carbocycles. The zero-order chi connectivity index (χ0) is 17.5. The van der Waals surface area contributed by atoms with Gasteiger partial charge in [-0.25, -0.2) is 4.79 Å². The smallest absolute Gasteiger partial charge is 0.410 e. The lowest BCUT2D eigenvalue weighted by Crippen LogP contribution is -2.28. The molecule has 6 nitrogen and oxygen atoms in total. The predicted octanol–water partition coefficient (Wildman–Crippen LogP) is 2.61. The summed E-state index contributed by atoms with van der Waals surface area (Å²) in [7, 11) is 0. The number of unbranched alkanes of at least 4 members (excludes halogenated alkanes) is 4. The lowest BCUT2D eigenvalue weighted by Gasteiger charge is -2.07. The SMILES string of the molecule is O=C(CCCCCO)NCCCCCNC(=O)Oc1ccccc1. The van der Waals surface area contributed by atoms with Gasteiger partial charge in [-0.3, -0.25) is 4.79 Å². The summed E-state index contributed by atoms with van der Waals surface area (Å²) in [6, 6.07) is 8.93. The van der Waals surface area contributed by atoms with Crippen LogP contribution in [0.25, 0.3) is 0 Å². The van der Waals surface area contributed by atoms with Crippen molar-refractivity contribution in [1.29, 1.82) is 0 Å². The molecule has 24 heavy (non-hydrogen) atoms. The average molecular weight is 336 g/mol. The number of aliphatic hydroxyl groups is 1. The van der Waals surface area contributed by atoms with E-state index in [1.165, 1.54) is 0 Å². The van der Waals surface area contributed by atoms with Crippen molar-refractivity contribution >= 4 is 12.0 Å². The first kappa shape index (κ1) is 20.0. The maximum Gasteiger partial charge on any atom is 0.412 e. The van der Waals surface area contributed by atoms with E-state index in [4.69, 9.17) is 9.84 Å². The summed E-state index contributed by atoms with van der Waals surface area (Å²) < 4.78 is 5.11. The van der Waals surface area contributed by atoms with Crippen molar-refractivity contribution in [2.24, 2.45) is 0 Å². The van der Waals surface area contributed by atoms with E-state index in [9.17, 15) is 9.59 Å². The molecule has 0 bridgehead atoms. The molecule has 0 saturated carbocycles. The molecule has 6 heteroatoms. The molecule has 1 aromatic rings.